The largest absolute Gasteiger partial charge is 0.314 e. The molecule has 3 nitrogen and oxygen atoms in total. The van der Waals surface area contributed by atoms with E-state index in [1.54, 1.807) is 0 Å². The van der Waals surface area contributed by atoms with E-state index in [2.05, 4.69) is 5.09 Å². The third kappa shape index (κ3) is 4.71. The van der Waals surface area contributed by atoms with E-state index in [4.69, 9.17) is 0 Å². The Morgan fingerprint density at radius 3 is 1.22 bits per heavy atom. The molecule has 162 valence electrons. The minimum atomic E-state index is -3.12. The fraction of sp³-hybridized carbons (Fsp3) is 0.111. The van der Waals surface area contributed by atoms with Gasteiger partial charge in [0.05, 0.1) is 0 Å². The summed E-state index contributed by atoms with van der Waals surface area (Å²) >= 11 is 0. The van der Waals surface area contributed by atoms with Crippen LogP contribution in [0.25, 0.3) is 0 Å². The topological polar surface area (TPSA) is 46.2 Å². The molecule has 0 aliphatic carbocycles. The van der Waals surface area contributed by atoms with Crippen molar-refractivity contribution in [1.82, 2.24) is 5.09 Å². The quantitative estimate of drug-likeness (QED) is 0.381. The smallest absolute Gasteiger partial charge is 0.204 e. The zero-order chi connectivity index (χ0) is 22.4. The van der Waals surface area contributed by atoms with Crippen molar-refractivity contribution < 1.29 is 9.13 Å². The maximum Gasteiger partial charge on any atom is 0.204 e. The average Bonchev–Trinajstić information content (AvgIpc) is 2.86. The second-order valence-corrected chi connectivity index (χ2v) is 13.3. The lowest BCUT2D eigenvalue weighted by Crippen LogP contribution is -2.37. The van der Waals surface area contributed by atoms with Gasteiger partial charge in [-0.25, -0.2) is 0 Å². The lowest BCUT2D eigenvalue weighted by atomic mass is 10.4. The van der Waals surface area contributed by atoms with E-state index in [9.17, 15) is 9.13 Å². The minimum absolute atomic E-state index is 0.257. The first kappa shape index (κ1) is 22.5. The molecule has 0 aromatic heterocycles. The molecule has 0 saturated heterocycles. The van der Waals surface area contributed by atoms with Gasteiger partial charge >= 0.3 is 0 Å². The molecule has 0 amide bonds. The van der Waals surface area contributed by atoms with Gasteiger partial charge in [-0.1, -0.05) is 97.1 Å². The number of benzene rings is 4. The van der Waals surface area contributed by atoms with Crippen LogP contribution in [0.3, 0.4) is 0 Å². The molecule has 0 aliphatic rings. The molecule has 0 heterocycles. The van der Waals surface area contributed by atoms with Gasteiger partial charge < -0.3 is 4.57 Å². The van der Waals surface area contributed by atoms with Gasteiger partial charge in [0.25, 0.3) is 0 Å². The van der Waals surface area contributed by atoms with Crippen LogP contribution in [0.15, 0.2) is 121 Å². The molecule has 1 atom stereocenters. The number of hydrogen-bond donors (Lipinski definition) is 1. The van der Waals surface area contributed by atoms with Crippen molar-refractivity contribution >= 4 is 35.7 Å². The van der Waals surface area contributed by atoms with Crippen LogP contribution >= 0.6 is 14.4 Å². The van der Waals surface area contributed by atoms with Gasteiger partial charge in [-0.2, -0.15) is 0 Å². The Hall–Kier alpha value is -2.70. The van der Waals surface area contributed by atoms with E-state index in [0.29, 0.717) is 6.16 Å². The van der Waals surface area contributed by atoms with E-state index < -0.39 is 14.4 Å². The summed E-state index contributed by atoms with van der Waals surface area (Å²) in [5, 5.41) is 6.52. The Bertz CT molecular complexity index is 1040. The minimum Gasteiger partial charge on any atom is -0.314 e. The molecule has 4 rings (SSSR count). The van der Waals surface area contributed by atoms with Crippen LogP contribution in [-0.2, 0) is 9.13 Å². The first-order valence-corrected chi connectivity index (χ1v) is 14.3. The maximum absolute atomic E-state index is 14.5. The van der Waals surface area contributed by atoms with Gasteiger partial charge in [0.15, 0.2) is 0 Å². The maximum atomic E-state index is 14.5. The van der Waals surface area contributed by atoms with E-state index in [1.165, 1.54) is 0 Å². The molecule has 5 heteroatoms. The fourth-order valence-electron chi connectivity index (χ4n) is 4.01. The van der Waals surface area contributed by atoms with Crippen molar-refractivity contribution in [3.8, 4) is 0 Å². The molecule has 4 aromatic carbocycles. The summed E-state index contributed by atoms with van der Waals surface area (Å²) in [5.41, 5.74) is 0. The summed E-state index contributed by atoms with van der Waals surface area (Å²) in [6.45, 7) is 1.97. The summed E-state index contributed by atoms with van der Waals surface area (Å²) in [6, 6.07) is 38.0. The molecule has 0 saturated carbocycles. The highest BCUT2D eigenvalue weighted by atomic mass is 31.2. The van der Waals surface area contributed by atoms with Crippen LogP contribution in [0, 0.1) is 0 Å². The summed E-state index contributed by atoms with van der Waals surface area (Å²) in [4.78, 5) is 0. The van der Waals surface area contributed by atoms with Crippen LogP contribution in [0.2, 0.25) is 0 Å². The van der Waals surface area contributed by atoms with Crippen LogP contribution < -0.4 is 26.3 Å². The normalized spacial score (nSPS) is 12.9. The van der Waals surface area contributed by atoms with Crippen molar-refractivity contribution in [2.24, 2.45) is 0 Å². The van der Waals surface area contributed by atoms with Crippen molar-refractivity contribution in [3.63, 3.8) is 0 Å². The SMILES string of the molecule is CC(CP(=O)(c1ccccc1)c1ccccc1)NP(=O)(c1ccccc1)c1ccccc1. The van der Waals surface area contributed by atoms with Crippen molar-refractivity contribution in [2.45, 2.75) is 13.0 Å². The Morgan fingerprint density at radius 1 is 0.562 bits per heavy atom. The Morgan fingerprint density at radius 2 is 0.875 bits per heavy atom. The molecule has 1 unspecified atom stereocenters. The first-order chi connectivity index (χ1) is 15.5. The Labute approximate surface area is 190 Å². The Balaban J connectivity index is 1.71. The van der Waals surface area contributed by atoms with E-state index in [1.807, 2.05) is 128 Å². The summed E-state index contributed by atoms with van der Waals surface area (Å²) in [6.07, 6.45) is 0.366. The molecule has 0 spiro atoms. The average molecular weight is 459 g/mol. The fourth-order valence-corrected chi connectivity index (χ4v) is 9.53. The lowest BCUT2D eigenvalue weighted by molar-refractivity contribution is 0.565. The van der Waals surface area contributed by atoms with Crippen molar-refractivity contribution in [2.75, 3.05) is 6.16 Å². The van der Waals surface area contributed by atoms with Crippen LogP contribution in [0.4, 0.5) is 0 Å². The number of nitrogens with one attached hydrogen (secondary N) is 1. The molecule has 0 bridgehead atoms. The van der Waals surface area contributed by atoms with Crippen LogP contribution in [0.5, 0.6) is 0 Å². The highest BCUT2D eigenvalue weighted by Gasteiger charge is 2.34. The molecule has 0 aliphatic heterocycles. The van der Waals surface area contributed by atoms with Gasteiger partial charge in [0.2, 0.25) is 7.29 Å². The summed E-state index contributed by atoms with van der Waals surface area (Å²) in [5.74, 6) is 0. The van der Waals surface area contributed by atoms with E-state index >= 15 is 0 Å². The highest BCUT2D eigenvalue weighted by Crippen LogP contribution is 2.46. The summed E-state index contributed by atoms with van der Waals surface area (Å²) in [7, 11) is -6.05. The number of hydrogen-bond acceptors (Lipinski definition) is 2. The van der Waals surface area contributed by atoms with E-state index in [-0.39, 0.29) is 6.04 Å². The predicted molar refractivity (Wildman–Crippen MR) is 137 cm³/mol. The molecule has 1 N–H and O–H groups in total. The third-order valence-corrected chi connectivity index (χ3v) is 11.7. The highest BCUT2D eigenvalue weighted by molar-refractivity contribution is 7.79. The Kier molecular flexibility index (Phi) is 6.92. The zero-order valence-electron chi connectivity index (χ0n) is 18.0. The monoisotopic (exact) mass is 459 g/mol. The molecule has 0 radical (unpaired) electrons. The standard InChI is InChI=1S/C27H27NO2P2/c1-23(22-31(29,24-14-6-2-7-15-24)25-16-8-3-9-17-25)28-32(30,26-18-10-4-11-19-26)27-20-12-5-13-21-27/h2-21,23H,22H2,1H3,(H,28,30). The van der Waals surface area contributed by atoms with Gasteiger partial charge in [0, 0.05) is 33.4 Å². The van der Waals surface area contributed by atoms with Gasteiger partial charge in [0.1, 0.15) is 7.14 Å². The second kappa shape index (κ2) is 9.84. The molecular weight excluding hydrogens is 432 g/mol. The van der Waals surface area contributed by atoms with Gasteiger partial charge in [-0.15, -0.1) is 0 Å². The predicted octanol–water partition coefficient (Wildman–Crippen LogP) is 4.91. The summed E-state index contributed by atoms with van der Waals surface area (Å²) < 4.78 is 28.8. The second-order valence-electron chi connectivity index (χ2n) is 7.90. The van der Waals surface area contributed by atoms with Crippen molar-refractivity contribution in [1.29, 1.82) is 0 Å². The third-order valence-electron chi connectivity index (χ3n) is 5.52. The van der Waals surface area contributed by atoms with Gasteiger partial charge in [-0.3, -0.25) is 9.65 Å². The van der Waals surface area contributed by atoms with Crippen molar-refractivity contribution in [3.05, 3.63) is 121 Å². The molecule has 0 fully saturated rings. The molecule has 4 aromatic rings. The molecular formula is C27H27NO2P2. The zero-order valence-corrected chi connectivity index (χ0v) is 19.8. The number of rotatable bonds is 8. The first-order valence-electron chi connectivity index (χ1n) is 10.7. The van der Waals surface area contributed by atoms with Crippen LogP contribution in [-0.4, -0.2) is 12.2 Å². The lowest BCUT2D eigenvalue weighted by Gasteiger charge is -2.28. The van der Waals surface area contributed by atoms with Crippen LogP contribution in [0.1, 0.15) is 6.92 Å². The van der Waals surface area contributed by atoms with Gasteiger partial charge in [-0.05, 0) is 31.2 Å². The van der Waals surface area contributed by atoms with E-state index in [0.717, 1.165) is 21.2 Å². The molecule has 32 heavy (non-hydrogen) atoms.